The maximum absolute atomic E-state index is 12.1. The number of rotatable bonds is 3. The molecule has 1 aliphatic rings. The first-order valence-corrected chi connectivity index (χ1v) is 6.41. The lowest BCUT2D eigenvalue weighted by atomic mass is 10.0. The van der Waals surface area contributed by atoms with E-state index >= 15 is 0 Å². The Labute approximate surface area is 117 Å². The maximum atomic E-state index is 12.1. The molecule has 1 rings (SSSR count). The number of nitrogens with one attached hydrogen (secondary N) is 2. The predicted molar refractivity (Wildman–Crippen MR) is 70.4 cm³/mol. The van der Waals surface area contributed by atoms with Crippen molar-refractivity contribution in [2.24, 2.45) is 0 Å². The van der Waals surface area contributed by atoms with Crippen LogP contribution in [0.15, 0.2) is 0 Å². The zero-order chi connectivity index (χ0) is 15.3. The van der Waals surface area contributed by atoms with Crippen LogP contribution in [-0.4, -0.2) is 59.9 Å². The van der Waals surface area contributed by atoms with Crippen molar-refractivity contribution < 1.29 is 24.2 Å². The number of methoxy groups -OCH3 is 1. The lowest BCUT2D eigenvalue weighted by Crippen LogP contribution is -2.59. The van der Waals surface area contributed by atoms with E-state index in [9.17, 15) is 14.4 Å². The van der Waals surface area contributed by atoms with Crippen LogP contribution in [0.1, 0.15) is 26.7 Å². The molecule has 1 heterocycles. The Balaban J connectivity index is 2.56. The molecule has 1 fully saturated rings. The van der Waals surface area contributed by atoms with Gasteiger partial charge in [-0.3, -0.25) is 4.79 Å². The van der Waals surface area contributed by atoms with Gasteiger partial charge in [-0.2, -0.15) is 0 Å². The third-order valence-electron chi connectivity index (χ3n) is 3.19. The number of piperidine rings is 1. The lowest BCUT2D eigenvalue weighted by molar-refractivity contribution is -0.127. The van der Waals surface area contributed by atoms with Crippen molar-refractivity contribution in [1.82, 2.24) is 15.5 Å². The molecule has 0 aromatic rings. The summed E-state index contributed by atoms with van der Waals surface area (Å²) in [7, 11) is 1.22. The van der Waals surface area contributed by atoms with E-state index in [4.69, 9.17) is 5.11 Å². The van der Waals surface area contributed by atoms with Crippen LogP contribution in [0.5, 0.6) is 0 Å². The van der Waals surface area contributed by atoms with E-state index in [1.165, 1.54) is 12.0 Å². The Morgan fingerprint density at radius 1 is 1.35 bits per heavy atom. The second kappa shape index (κ2) is 6.44. The van der Waals surface area contributed by atoms with Gasteiger partial charge >= 0.3 is 12.2 Å². The van der Waals surface area contributed by atoms with E-state index in [1.54, 1.807) is 13.8 Å². The SMILES string of the molecule is COC(=O)NC(C)(C)C(=O)NC1CCCN(C(=O)O)C1. The van der Waals surface area contributed by atoms with Crippen LogP contribution >= 0.6 is 0 Å². The molecular formula is C12H21N3O5. The number of alkyl carbamates (subject to hydrolysis) is 1. The minimum Gasteiger partial charge on any atom is -0.465 e. The molecule has 0 aromatic heterocycles. The average molecular weight is 287 g/mol. The lowest BCUT2D eigenvalue weighted by Gasteiger charge is -2.33. The Morgan fingerprint density at radius 2 is 2.00 bits per heavy atom. The number of hydrogen-bond acceptors (Lipinski definition) is 4. The molecule has 0 saturated carbocycles. The van der Waals surface area contributed by atoms with E-state index in [2.05, 4.69) is 15.4 Å². The van der Waals surface area contributed by atoms with E-state index in [1.807, 2.05) is 0 Å². The van der Waals surface area contributed by atoms with Crippen LogP contribution in [0.3, 0.4) is 0 Å². The number of carbonyl (C=O) groups is 3. The number of hydrogen-bond donors (Lipinski definition) is 3. The summed E-state index contributed by atoms with van der Waals surface area (Å²) in [6.07, 6.45) is -0.275. The quantitative estimate of drug-likeness (QED) is 0.695. The van der Waals surface area contributed by atoms with Crippen LogP contribution in [0.2, 0.25) is 0 Å². The monoisotopic (exact) mass is 287 g/mol. The van der Waals surface area contributed by atoms with E-state index < -0.39 is 17.7 Å². The first-order valence-electron chi connectivity index (χ1n) is 6.41. The summed E-state index contributed by atoms with van der Waals surface area (Å²) in [6, 6.07) is -0.244. The van der Waals surface area contributed by atoms with Gasteiger partial charge in [0, 0.05) is 19.1 Å². The minimum atomic E-state index is -1.13. The molecule has 0 bridgehead atoms. The summed E-state index contributed by atoms with van der Waals surface area (Å²) < 4.78 is 4.46. The summed E-state index contributed by atoms with van der Waals surface area (Å²) in [6.45, 7) is 3.84. The van der Waals surface area contributed by atoms with Gasteiger partial charge < -0.3 is 25.4 Å². The highest BCUT2D eigenvalue weighted by atomic mass is 16.5. The molecule has 0 radical (unpaired) electrons. The largest absolute Gasteiger partial charge is 0.465 e. The van der Waals surface area contributed by atoms with Crippen molar-refractivity contribution >= 4 is 18.1 Å². The number of amides is 3. The molecule has 8 heteroatoms. The zero-order valence-electron chi connectivity index (χ0n) is 11.9. The second-order valence-corrected chi connectivity index (χ2v) is 5.28. The van der Waals surface area contributed by atoms with Gasteiger partial charge in [0.25, 0.3) is 0 Å². The van der Waals surface area contributed by atoms with Crippen LogP contribution in [0.25, 0.3) is 0 Å². The van der Waals surface area contributed by atoms with Crippen molar-refractivity contribution in [1.29, 1.82) is 0 Å². The van der Waals surface area contributed by atoms with Gasteiger partial charge in [0.2, 0.25) is 5.91 Å². The minimum absolute atomic E-state index is 0.244. The standard InChI is InChI=1S/C12H21N3O5/c1-12(2,14-10(17)20-3)9(16)13-8-5-4-6-15(7-8)11(18)19/h8H,4-7H2,1-3H3,(H,13,16)(H,14,17)(H,18,19). The van der Waals surface area contributed by atoms with Crippen molar-refractivity contribution in [3.05, 3.63) is 0 Å². The Bertz CT molecular complexity index is 397. The van der Waals surface area contributed by atoms with Gasteiger partial charge in [-0.1, -0.05) is 0 Å². The van der Waals surface area contributed by atoms with Crippen molar-refractivity contribution in [3.8, 4) is 0 Å². The maximum Gasteiger partial charge on any atom is 0.407 e. The first kappa shape index (κ1) is 16.1. The van der Waals surface area contributed by atoms with Crippen molar-refractivity contribution in [2.45, 2.75) is 38.3 Å². The average Bonchev–Trinajstić information content (AvgIpc) is 2.38. The molecule has 0 spiro atoms. The normalized spacial score (nSPS) is 19.1. The molecule has 3 amide bonds. The fourth-order valence-corrected chi connectivity index (χ4v) is 2.00. The zero-order valence-corrected chi connectivity index (χ0v) is 11.9. The van der Waals surface area contributed by atoms with Gasteiger partial charge in [0.15, 0.2) is 0 Å². The summed E-state index contributed by atoms with van der Waals surface area (Å²) >= 11 is 0. The van der Waals surface area contributed by atoms with Gasteiger partial charge in [-0.15, -0.1) is 0 Å². The topological polar surface area (TPSA) is 108 Å². The fraction of sp³-hybridized carbons (Fsp3) is 0.750. The number of nitrogens with zero attached hydrogens (tertiary/aromatic N) is 1. The van der Waals surface area contributed by atoms with E-state index in [0.29, 0.717) is 19.4 Å². The van der Waals surface area contributed by atoms with Crippen LogP contribution < -0.4 is 10.6 Å². The Kier molecular flexibility index (Phi) is 5.18. The van der Waals surface area contributed by atoms with Gasteiger partial charge in [0.1, 0.15) is 5.54 Å². The highest BCUT2D eigenvalue weighted by Gasteiger charge is 2.33. The number of likely N-dealkylation sites (tertiary alicyclic amines) is 1. The molecule has 1 aliphatic heterocycles. The predicted octanol–water partition coefficient (Wildman–Crippen LogP) is 0.380. The summed E-state index contributed by atoms with van der Waals surface area (Å²) in [4.78, 5) is 35.5. The number of carboxylic acid groups (broad SMARTS) is 1. The van der Waals surface area contributed by atoms with Crippen molar-refractivity contribution in [3.63, 3.8) is 0 Å². The van der Waals surface area contributed by atoms with Crippen molar-refractivity contribution in [2.75, 3.05) is 20.2 Å². The van der Waals surface area contributed by atoms with Gasteiger partial charge in [0.05, 0.1) is 7.11 Å². The highest BCUT2D eigenvalue weighted by Crippen LogP contribution is 2.12. The molecule has 1 atom stereocenters. The molecule has 3 N–H and O–H groups in total. The molecule has 1 unspecified atom stereocenters. The van der Waals surface area contributed by atoms with E-state index in [-0.39, 0.29) is 18.5 Å². The molecule has 20 heavy (non-hydrogen) atoms. The summed E-state index contributed by atoms with van der Waals surface area (Å²) in [5.74, 6) is -0.375. The van der Waals surface area contributed by atoms with E-state index in [0.717, 1.165) is 0 Å². The van der Waals surface area contributed by atoms with Gasteiger partial charge in [-0.05, 0) is 26.7 Å². The third kappa shape index (κ3) is 4.29. The molecule has 8 nitrogen and oxygen atoms in total. The molecular weight excluding hydrogens is 266 g/mol. The summed E-state index contributed by atoms with van der Waals surface area (Å²) in [5.41, 5.74) is -1.13. The Morgan fingerprint density at radius 3 is 2.55 bits per heavy atom. The van der Waals surface area contributed by atoms with Crippen LogP contribution in [0.4, 0.5) is 9.59 Å². The molecule has 1 saturated heterocycles. The molecule has 0 aromatic carbocycles. The first-order chi connectivity index (χ1) is 9.26. The highest BCUT2D eigenvalue weighted by molar-refractivity contribution is 5.89. The molecule has 0 aliphatic carbocycles. The number of ether oxygens (including phenoxy) is 1. The van der Waals surface area contributed by atoms with Crippen LogP contribution in [0, 0.1) is 0 Å². The smallest absolute Gasteiger partial charge is 0.407 e. The summed E-state index contributed by atoms with van der Waals surface area (Å²) in [5, 5.41) is 14.1. The number of carbonyl (C=O) groups excluding carboxylic acids is 2. The van der Waals surface area contributed by atoms with Crippen LogP contribution in [-0.2, 0) is 9.53 Å². The van der Waals surface area contributed by atoms with Gasteiger partial charge in [-0.25, -0.2) is 9.59 Å². The second-order valence-electron chi connectivity index (χ2n) is 5.28. The third-order valence-corrected chi connectivity index (χ3v) is 3.19. The fourth-order valence-electron chi connectivity index (χ4n) is 2.00. The Hall–Kier alpha value is -1.99. The molecule has 114 valence electrons.